The third-order valence-electron chi connectivity index (χ3n) is 4.56. The fourth-order valence-corrected chi connectivity index (χ4v) is 3.31. The number of aromatic nitrogens is 3. The third-order valence-corrected chi connectivity index (χ3v) is 4.56. The molecular formula is C20H20N4O2. The molecule has 1 amide bonds. The van der Waals surface area contributed by atoms with E-state index in [4.69, 9.17) is 4.42 Å². The van der Waals surface area contributed by atoms with Gasteiger partial charge in [-0.2, -0.15) is 5.10 Å². The average Bonchev–Trinajstić information content (AvgIpc) is 3.15. The lowest BCUT2D eigenvalue weighted by Crippen LogP contribution is -2.26. The van der Waals surface area contributed by atoms with Gasteiger partial charge in [0.25, 0.3) is 5.91 Å². The van der Waals surface area contributed by atoms with Gasteiger partial charge in [-0.1, -0.05) is 18.2 Å². The zero-order chi connectivity index (χ0) is 18.4. The second-order valence-electron chi connectivity index (χ2n) is 6.60. The number of nitrogens with one attached hydrogen (secondary N) is 1. The summed E-state index contributed by atoms with van der Waals surface area (Å²) in [5.41, 5.74) is 3.68. The van der Waals surface area contributed by atoms with E-state index in [1.54, 1.807) is 10.7 Å². The summed E-state index contributed by atoms with van der Waals surface area (Å²) < 4.78 is 7.57. The molecule has 3 aromatic heterocycles. The van der Waals surface area contributed by atoms with Crippen LogP contribution < -0.4 is 5.32 Å². The largest absolute Gasteiger partial charge is 0.459 e. The molecule has 4 rings (SSSR count). The smallest absolute Gasteiger partial charge is 0.252 e. The van der Waals surface area contributed by atoms with E-state index < -0.39 is 0 Å². The van der Waals surface area contributed by atoms with Gasteiger partial charge in [-0.15, -0.1) is 0 Å². The molecule has 0 aliphatic rings. The molecule has 1 aromatic carbocycles. The number of carbonyl (C=O) groups is 1. The standard InChI is InChI=1S/C20H20N4O2/c1-11-9-15(18-13(3)23-24(4)19(18)21-11)20(25)22-12(2)17-10-14-7-5-6-8-16(14)26-17/h5-10,12H,1-4H3,(H,22,25)/t12-/m1/s1. The van der Waals surface area contributed by atoms with E-state index in [1.165, 1.54) is 0 Å². The SMILES string of the molecule is Cc1cc(C(=O)N[C@H](C)c2cc3ccccc3o2)c2c(C)nn(C)c2n1. The molecule has 0 saturated carbocycles. The number of pyridine rings is 1. The van der Waals surface area contributed by atoms with Gasteiger partial charge in [-0.3, -0.25) is 9.48 Å². The van der Waals surface area contributed by atoms with E-state index in [0.717, 1.165) is 33.5 Å². The van der Waals surface area contributed by atoms with E-state index in [-0.39, 0.29) is 11.9 Å². The molecule has 0 aliphatic heterocycles. The highest BCUT2D eigenvalue weighted by Gasteiger charge is 2.20. The number of hydrogen-bond acceptors (Lipinski definition) is 4. The molecule has 1 N–H and O–H groups in total. The summed E-state index contributed by atoms with van der Waals surface area (Å²) in [6, 6.07) is 11.3. The summed E-state index contributed by atoms with van der Waals surface area (Å²) >= 11 is 0. The fourth-order valence-electron chi connectivity index (χ4n) is 3.31. The molecular weight excluding hydrogens is 328 g/mol. The van der Waals surface area contributed by atoms with Crippen LogP contribution >= 0.6 is 0 Å². The maximum absolute atomic E-state index is 13.0. The number of carbonyl (C=O) groups excluding carboxylic acids is 1. The van der Waals surface area contributed by atoms with E-state index in [2.05, 4.69) is 15.4 Å². The predicted molar refractivity (Wildman–Crippen MR) is 100 cm³/mol. The first-order chi connectivity index (χ1) is 12.4. The maximum Gasteiger partial charge on any atom is 0.252 e. The molecule has 26 heavy (non-hydrogen) atoms. The molecule has 0 fully saturated rings. The van der Waals surface area contributed by atoms with Gasteiger partial charge in [0.05, 0.1) is 22.7 Å². The lowest BCUT2D eigenvalue weighted by Gasteiger charge is -2.12. The minimum Gasteiger partial charge on any atom is -0.459 e. The van der Waals surface area contributed by atoms with Crippen LogP contribution in [-0.4, -0.2) is 20.7 Å². The van der Waals surface area contributed by atoms with Crippen LogP contribution in [0.2, 0.25) is 0 Å². The van der Waals surface area contributed by atoms with Gasteiger partial charge in [0.2, 0.25) is 0 Å². The molecule has 1 atom stereocenters. The summed E-state index contributed by atoms with van der Waals surface area (Å²) in [5.74, 6) is 0.564. The quantitative estimate of drug-likeness (QED) is 0.611. The van der Waals surface area contributed by atoms with Crippen molar-refractivity contribution < 1.29 is 9.21 Å². The van der Waals surface area contributed by atoms with Gasteiger partial charge in [0, 0.05) is 18.1 Å². The Balaban J connectivity index is 1.69. The topological polar surface area (TPSA) is 73.0 Å². The van der Waals surface area contributed by atoms with Crippen molar-refractivity contribution in [2.75, 3.05) is 0 Å². The number of para-hydroxylation sites is 1. The lowest BCUT2D eigenvalue weighted by molar-refractivity contribution is 0.0937. The molecule has 132 valence electrons. The first-order valence-corrected chi connectivity index (χ1v) is 8.54. The van der Waals surface area contributed by atoms with Crippen LogP contribution in [0.15, 0.2) is 40.8 Å². The predicted octanol–water partition coefficient (Wildman–Crippen LogP) is 3.82. The van der Waals surface area contributed by atoms with Crippen molar-refractivity contribution in [2.24, 2.45) is 7.05 Å². The zero-order valence-corrected chi connectivity index (χ0v) is 15.2. The Kier molecular flexibility index (Phi) is 3.76. The summed E-state index contributed by atoms with van der Waals surface area (Å²) in [5, 5.41) is 9.23. The highest BCUT2D eigenvalue weighted by molar-refractivity contribution is 6.06. The number of aryl methyl sites for hydroxylation is 3. The number of nitrogens with zero attached hydrogens (tertiary/aromatic N) is 3. The summed E-state index contributed by atoms with van der Waals surface area (Å²) in [6.07, 6.45) is 0. The molecule has 0 saturated heterocycles. The van der Waals surface area contributed by atoms with Crippen molar-refractivity contribution in [3.05, 3.63) is 59.1 Å². The van der Waals surface area contributed by atoms with E-state index in [9.17, 15) is 4.79 Å². The molecule has 0 aliphatic carbocycles. The van der Waals surface area contributed by atoms with Crippen molar-refractivity contribution in [1.29, 1.82) is 0 Å². The van der Waals surface area contributed by atoms with E-state index >= 15 is 0 Å². The molecule has 0 unspecified atom stereocenters. The Morgan fingerprint density at radius 2 is 2.00 bits per heavy atom. The second kappa shape index (κ2) is 5.98. The van der Waals surface area contributed by atoms with Crippen LogP contribution in [0.5, 0.6) is 0 Å². The third kappa shape index (κ3) is 2.63. The summed E-state index contributed by atoms with van der Waals surface area (Å²) in [6.45, 7) is 5.68. The Hall–Kier alpha value is -3.15. The number of benzene rings is 1. The first kappa shape index (κ1) is 16.3. The second-order valence-corrected chi connectivity index (χ2v) is 6.60. The Morgan fingerprint density at radius 1 is 1.23 bits per heavy atom. The van der Waals surface area contributed by atoms with E-state index in [0.29, 0.717) is 11.2 Å². The minimum absolute atomic E-state index is 0.162. The minimum atomic E-state index is -0.254. The number of rotatable bonds is 3. The maximum atomic E-state index is 13.0. The van der Waals surface area contributed by atoms with Crippen LogP contribution in [0.3, 0.4) is 0 Å². The van der Waals surface area contributed by atoms with Crippen molar-refractivity contribution in [3.63, 3.8) is 0 Å². The Labute approximate surface area is 150 Å². The van der Waals surface area contributed by atoms with Gasteiger partial charge >= 0.3 is 0 Å². The van der Waals surface area contributed by atoms with Crippen LogP contribution in [0.1, 0.15) is 40.5 Å². The average molecular weight is 348 g/mol. The molecule has 6 heteroatoms. The summed E-state index contributed by atoms with van der Waals surface area (Å²) in [7, 11) is 1.83. The number of fused-ring (bicyclic) bond motifs is 2. The van der Waals surface area contributed by atoms with Crippen LogP contribution in [0.4, 0.5) is 0 Å². The van der Waals surface area contributed by atoms with Gasteiger partial charge in [0.15, 0.2) is 5.65 Å². The Bertz CT molecular complexity index is 1110. The monoisotopic (exact) mass is 348 g/mol. The highest BCUT2D eigenvalue weighted by atomic mass is 16.3. The molecule has 0 bridgehead atoms. The number of amides is 1. The molecule has 6 nitrogen and oxygen atoms in total. The molecule has 3 heterocycles. The van der Waals surface area contributed by atoms with Crippen LogP contribution in [0, 0.1) is 13.8 Å². The fraction of sp³-hybridized carbons (Fsp3) is 0.250. The van der Waals surface area contributed by atoms with Crippen molar-refractivity contribution in [2.45, 2.75) is 26.8 Å². The number of hydrogen-bond donors (Lipinski definition) is 1. The van der Waals surface area contributed by atoms with Gasteiger partial charge in [-0.25, -0.2) is 4.98 Å². The highest BCUT2D eigenvalue weighted by Crippen LogP contribution is 2.25. The molecule has 0 radical (unpaired) electrons. The van der Waals surface area contributed by atoms with Crippen LogP contribution in [-0.2, 0) is 7.05 Å². The van der Waals surface area contributed by atoms with Gasteiger partial charge in [-0.05, 0) is 39.0 Å². The van der Waals surface area contributed by atoms with Crippen molar-refractivity contribution in [3.8, 4) is 0 Å². The van der Waals surface area contributed by atoms with Crippen molar-refractivity contribution in [1.82, 2.24) is 20.1 Å². The number of furan rings is 1. The zero-order valence-electron chi connectivity index (χ0n) is 15.2. The molecule has 4 aromatic rings. The summed E-state index contributed by atoms with van der Waals surface area (Å²) in [4.78, 5) is 17.5. The molecule has 0 spiro atoms. The first-order valence-electron chi connectivity index (χ1n) is 8.54. The van der Waals surface area contributed by atoms with Crippen LogP contribution in [0.25, 0.3) is 22.0 Å². The Morgan fingerprint density at radius 3 is 2.77 bits per heavy atom. The normalized spacial score (nSPS) is 12.6. The van der Waals surface area contributed by atoms with Gasteiger partial charge in [0.1, 0.15) is 11.3 Å². The van der Waals surface area contributed by atoms with Crippen molar-refractivity contribution >= 4 is 27.9 Å². The lowest BCUT2D eigenvalue weighted by atomic mass is 10.1. The van der Waals surface area contributed by atoms with Gasteiger partial charge < -0.3 is 9.73 Å². The van der Waals surface area contributed by atoms with E-state index in [1.807, 2.05) is 58.2 Å².